The molecule has 0 aromatic carbocycles. The van der Waals surface area contributed by atoms with Gasteiger partial charge in [0.2, 0.25) is 0 Å². The van der Waals surface area contributed by atoms with Gasteiger partial charge in [-0.15, -0.1) is 12.5 Å². The van der Waals surface area contributed by atoms with Gasteiger partial charge in [-0.3, -0.25) is 11.6 Å². The Morgan fingerprint density at radius 2 is 1.45 bits per heavy atom. The summed E-state index contributed by atoms with van der Waals surface area (Å²) in [6.07, 6.45) is 37.9. The summed E-state index contributed by atoms with van der Waals surface area (Å²) in [6.45, 7) is 23.0. The summed E-state index contributed by atoms with van der Waals surface area (Å²) in [5, 5.41) is 0. The second-order valence-corrected chi connectivity index (χ2v) is 13.6. The third kappa shape index (κ3) is 11.5. The first-order chi connectivity index (χ1) is 18.8. The summed E-state index contributed by atoms with van der Waals surface area (Å²) in [7, 11) is 0. The highest BCUT2D eigenvalue weighted by Gasteiger charge is 2.26. The first kappa shape index (κ1) is 33.6. The van der Waals surface area contributed by atoms with Crippen LogP contribution in [0.2, 0.25) is 0 Å². The maximum Gasteiger partial charge on any atom is -0.0104 e. The quantitative estimate of drug-likeness (QED) is 0.171. The van der Waals surface area contributed by atoms with Crippen molar-refractivity contribution in [2.75, 3.05) is 0 Å². The Morgan fingerprint density at radius 1 is 0.850 bits per heavy atom. The van der Waals surface area contributed by atoms with E-state index >= 15 is 0 Å². The minimum atomic E-state index is 0.294. The molecule has 40 heavy (non-hydrogen) atoms. The van der Waals surface area contributed by atoms with E-state index in [1.807, 2.05) is 0 Å². The molecule has 1 unspecified atom stereocenters. The smallest absolute Gasteiger partial charge is 0.0104 e. The predicted molar refractivity (Wildman–Crippen MR) is 181 cm³/mol. The Morgan fingerprint density at radius 3 is 2.08 bits per heavy atom. The highest BCUT2D eigenvalue weighted by Crippen LogP contribution is 2.42. The van der Waals surface area contributed by atoms with Crippen LogP contribution < -0.4 is 0 Å². The van der Waals surface area contributed by atoms with E-state index in [2.05, 4.69) is 149 Å². The highest BCUT2D eigenvalue weighted by molar-refractivity contribution is 5.37. The van der Waals surface area contributed by atoms with Crippen LogP contribution in [0, 0.1) is 29.6 Å². The molecule has 0 radical (unpaired) electrons. The van der Waals surface area contributed by atoms with Crippen LogP contribution in [0.15, 0.2) is 106 Å². The molecule has 0 aliphatic heterocycles. The van der Waals surface area contributed by atoms with Crippen LogP contribution in [0.25, 0.3) is 0 Å². The van der Waals surface area contributed by atoms with Crippen molar-refractivity contribution in [3.63, 3.8) is 0 Å². The van der Waals surface area contributed by atoms with E-state index in [4.69, 9.17) is 0 Å². The summed E-state index contributed by atoms with van der Waals surface area (Å²) < 4.78 is 0. The van der Waals surface area contributed by atoms with Crippen molar-refractivity contribution in [2.45, 2.75) is 114 Å². The Labute approximate surface area is 249 Å². The van der Waals surface area contributed by atoms with E-state index in [9.17, 15) is 0 Å². The maximum absolute atomic E-state index is 2.41. The maximum atomic E-state index is 2.41. The summed E-state index contributed by atoms with van der Waals surface area (Å²) in [5.41, 5.74) is 10.6. The van der Waals surface area contributed by atoms with Gasteiger partial charge in [-0.1, -0.05) is 121 Å². The second-order valence-electron chi connectivity index (χ2n) is 13.6. The van der Waals surface area contributed by atoms with Crippen LogP contribution in [0.5, 0.6) is 0 Å². The van der Waals surface area contributed by atoms with Crippen molar-refractivity contribution < 1.29 is 0 Å². The molecule has 0 aromatic rings. The number of allylic oxidation sites excluding steroid dienone is 18. The van der Waals surface area contributed by atoms with Crippen molar-refractivity contribution in [3.05, 3.63) is 119 Å². The predicted octanol–water partition coefficient (Wildman–Crippen LogP) is 12.5. The van der Waals surface area contributed by atoms with E-state index in [-0.39, 0.29) is 0 Å². The normalized spacial score (nSPS) is 21.9. The van der Waals surface area contributed by atoms with Crippen LogP contribution >= 0.6 is 0 Å². The monoisotopic (exact) mass is 538 g/mol. The van der Waals surface area contributed by atoms with Gasteiger partial charge in [-0.25, -0.2) is 12.8 Å². The number of hydrogen-bond donors (Lipinski definition) is 0. The summed E-state index contributed by atoms with van der Waals surface area (Å²) in [4.78, 5) is 0. The fourth-order valence-electron chi connectivity index (χ4n) is 5.98. The first-order valence-electron chi connectivity index (χ1n) is 15.6. The zero-order valence-electron chi connectivity index (χ0n) is 27.5. The van der Waals surface area contributed by atoms with Crippen LogP contribution in [0.4, 0.5) is 0 Å². The van der Waals surface area contributed by atoms with E-state index in [1.54, 1.807) is 16.7 Å². The summed E-state index contributed by atoms with van der Waals surface area (Å²) in [5.74, 6) is 0.545. The fraction of sp³-hybridized carbons (Fsp3) is 0.500. The highest BCUT2D eigenvalue weighted by atomic mass is 14.3. The van der Waals surface area contributed by atoms with Gasteiger partial charge in [0.1, 0.15) is 0 Å². The molecular weight excluding hydrogens is 480 g/mol. The zero-order chi connectivity index (χ0) is 29.8. The second kappa shape index (κ2) is 16.0. The lowest BCUT2D eigenvalue weighted by atomic mass is 9.71. The summed E-state index contributed by atoms with van der Waals surface area (Å²) in [6, 6.07) is 0. The van der Waals surface area contributed by atoms with E-state index in [1.165, 1.54) is 60.8 Å². The van der Waals surface area contributed by atoms with E-state index in [0.717, 1.165) is 6.42 Å². The van der Waals surface area contributed by atoms with Gasteiger partial charge in [-0.2, -0.15) is 23.3 Å². The third-order valence-electron chi connectivity index (χ3n) is 8.63. The van der Waals surface area contributed by atoms with Crippen LogP contribution in [-0.2, 0) is 0 Å². The van der Waals surface area contributed by atoms with E-state index in [0.29, 0.717) is 16.7 Å². The largest absolute Gasteiger partial charge is 0.265 e. The molecule has 0 amide bonds. The lowest BCUT2D eigenvalue weighted by molar-refractivity contribution is 0.373. The van der Waals surface area contributed by atoms with Crippen molar-refractivity contribution in [1.29, 1.82) is 0 Å². The van der Waals surface area contributed by atoms with Gasteiger partial charge in [-0.05, 0) is 68.3 Å². The third-order valence-corrected chi connectivity index (χ3v) is 8.63. The van der Waals surface area contributed by atoms with Gasteiger partial charge in [0.25, 0.3) is 0 Å². The van der Waals surface area contributed by atoms with Gasteiger partial charge in [0, 0.05) is 0 Å². The molecule has 1 atom stereocenters. The molecule has 0 aromatic heterocycles. The van der Waals surface area contributed by atoms with Crippen LogP contribution in [0.3, 0.4) is 0 Å². The van der Waals surface area contributed by atoms with Gasteiger partial charge in [0.05, 0.1) is 0 Å². The van der Waals surface area contributed by atoms with Gasteiger partial charge < -0.3 is 0 Å². The van der Waals surface area contributed by atoms with Crippen molar-refractivity contribution >= 4 is 0 Å². The molecule has 0 bridgehead atoms. The zero-order valence-corrected chi connectivity index (χ0v) is 27.5. The fourth-order valence-corrected chi connectivity index (χ4v) is 5.98. The van der Waals surface area contributed by atoms with Crippen LogP contribution in [-0.4, -0.2) is 0 Å². The first-order valence-corrected chi connectivity index (χ1v) is 15.6. The van der Waals surface area contributed by atoms with Crippen molar-refractivity contribution in [1.82, 2.24) is 0 Å². The molecule has 2 rings (SSSR count). The van der Waals surface area contributed by atoms with Crippen molar-refractivity contribution in [3.8, 4) is 0 Å². The van der Waals surface area contributed by atoms with E-state index < -0.39 is 0 Å². The average Bonchev–Trinajstić information content (AvgIpc) is 2.85. The Hall–Kier alpha value is -2.60. The molecule has 0 nitrogen and oxygen atoms in total. The lowest BCUT2D eigenvalue weighted by Crippen LogP contribution is -2.20. The molecule has 0 saturated carbocycles. The molecule has 220 valence electrons. The molecule has 0 N–H and O–H groups in total. The molecular formula is C40H58-2. The molecule has 2 aliphatic rings. The Balaban J connectivity index is 1.79. The lowest BCUT2D eigenvalue weighted by Gasteiger charge is -2.40. The standard InChI is InChI=1S/C40H58/c1-31(19-13-21-33(3)25-27-37-35(5)23-15-29-39(37,7)8)17-11-12-18-32(2)20-14-22-34(4)26-28-38-36(6)24-16-30-40(38,9)10/h11-14,17-21,25-28,34H,15-16,22-24,29-30H2,1-10H3/q-2/b12-11+,19-13+,20-14?,28-26+,31-17-,32-18+,33-25+. The molecule has 2 aliphatic carbocycles. The minimum absolute atomic E-state index is 0.294. The topological polar surface area (TPSA) is 0 Å². The Bertz CT molecular complexity index is 1110. The average molecular weight is 539 g/mol. The van der Waals surface area contributed by atoms with Gasteiger partial charge in [0.15, 0.2) is 0 Å². The van der Waals surface area contributed by atoms with Crippen LogP contribution in [0.1, 0.15) is 114 Å². The number of rotatable bonds is 12. The van der Waals surface area contributed by atoms with Gasteiger partial charge >= 0.3 is 0 Å². The molecule has 0 saturated heterocycles. The summed E-state index contributed by atoms with van der Waals surface area (Å²) >= 11 is 0. The SMILES string of the molecule is CC1=C(/C=C/C(C)CC=C/C(C)=C/C=C/C=C(C)\C=C\[CH-]/C(C)=C/[CH-]C2=C(C)CCCC2(C)C)C(C)(C)CCC1. The molecule has 0 heterocycles. The molecule has 0 fully saturated rings. The Kier molecular flexibility index (Phi) is 13.4. The van der Waals surface area contributed by atoms with Crippen molar-refractivity contribution in [2.24, 2.45) is 16.7 Å². The molecule has 0 spiro atoms. The minimum Gasteiger partial charge on any atom is -0.265 e. The number of hydrogen-bond acceptors (Lipinski definition) is 0. The molecule has 0 heteroatoms.